The van der Waals surface area contributed by atoms with Crippen LogP contribution in [0, 0.1) is 0 Å². The van der Waals surface area contributed by atoms with E-state index >= 15 is 0 Å². The molecule has 25 heavy (non-hydrogen) atoms. The number of halogens is 1. The number of hydrogen-bond donors (Lipinski definition) is 0. The lowest BCUT2D eigenvalue weighted by Crippen LogP contribution is -2.50. The quantitative estimate of drug-likeness (QED) is 0.796. The molecule has 3 rings (SSSR count). The van der Waals surface area contributed by atoms with Gasteiger partial charge >= 0.3 is 0 Å². The number of amides is 1. The maximum absolute atomic E-state index is 12.7. The molecule has 1 aliphatic rings. The third-order valence-corrected chi connectivity index (χ3v) is 6.61. The minimum atomic E-state index is -3.64. The highest BCUT2D eigenvalue weighted by Crippen LogP contribution is 2.25. The molecule has 1 aromatic carbocycles. The summed E-state index contributed by atoms with van der Waals surface area (Å²) in [4.78, 5) is 14.1. The molecule has 0 N–H and O–H groups in total. The standard InChI is InChI=1S/C17H19ClN2O4S/c18-15-5-1-2-6-16(15)25(22,23)20-11-9-19(10-12-20)17(21)8-7-14-4-3-13-24-14/h1-6,13H,7-12H2. The lowest BCUT2D eigenvalue weighted by atomic mass is 10.2. The monoisotopic (exact) mass is 382 g/mol. The molecule has 0 atom stereocenters. The Morgan fingerprint density at radius 3 is 2.44 bits per heavy atom. The van der Waals surface area contributed by atoms with Gasteiger partial charge < -0.3 is 9.32 Å². The fourth-order valence-electron chi connectivity index (χ4n) is 2.81. The number of nitrogens with zero attached hydrogens (tertiary/aromatic N) is 2. The number of carbonyl (C=O) groups excluding carboxylic acids is 1. The number of hydrogen-bond acceptors (Lipinski definition) is 4. The van der Waals surface area contributed by atoms with Crippen molar-refractivity contribution in [2.45, 2.75) is 17.7 Å². The van der Waals surface area contributed by atoms with E-state index in [1.807, 2.05) is 6.07 Å². The molecule has 0 radical (unpaired) electrons. The van der Waals surface area contributed by atoms with Gasteiger partial charge in [-0.3, -0.25) is 4.79 Å². The molecule has 1 amide bonds. The molecular formula is C17H19ClN2O4S. The van der Waals surface area contributed by atoms with Gasteiger partial charge in [-0.15, -0.1) is 0 Å². The maximum Gasteiger partial charge on any atom is 0.244 e. The zero-order valence-electron chi connectivity index (χ0n) is 13.6. The first kappa shape index (κ1) is 18.0. The number of carbonyl (C=O) groups is 1. The Morgan fingerprint density at radius 2 is 1.80 bits per heavy atom. The Hall–Kier alpha value is -1.83. The summed E-state index contributed by atoms with van der Waals surface area (Å²) in [6.45, 7) is 1.28. The summed E-state index contributed by atoms with van der Waals surface area (Å²) in [5, 5.41) is 0.208. The summed E-state index contributed by atoms with van der Waals surface area (Å²) >= 11 is 6.02. The van der Waals surface area contributed by atoms with Crippen LogP contribution in [-0.4, -0.2) is 49.7 Å². The summed E-state index contributed by atoms with van der Waals surface area (Å²) in [5.41, 5.74) is 0. The van der Waals surface area contributed by atoms with Gasteiger partial charge in [0, 0.05) is 39.0 Å². The zero-order valence-corrected chi connectivity index (χ0v) is 15.2. The first-order chi connectivity index (χ1) is 12.0. The van der Waals surface area contributed by atoms with Gasteiger partial charge in [0.15, 0.2) is 0 Å². The molecule has 1 aromatic heterocycles. The summed E-state index contributed by atoms with van der Waals surface area (Å²) in [6, 6.07) is 10.0. The average Bonchev–Trinajstić information content (AvgIpc) is 3.13. The van der Waals surface area contributed by atoms with Gasteiger partial charge in [-0.2, -0.15) is 4.31 Å². The Bertz CT molecular complexity index is 828. The van der Waals surface area contributed by atoms with E-state index < -0.39 is 10.0 Å². The van der Waals surface area contributed by atoms with Crippen LogP contribution < -0.4 is 0 Å². The SMILES string of the molecule is O=C(CCc1ccco1)N1CCN(S(=O)(=O)c2ccccc2Cl)CC1. The van der Waals surface area contributed by atoms with Crippen molar-refractivity contribution in [3.63, 3.8) is 0 Å². The van der Waals surface area contributed by atoms with E-state index in [9.17, 15) is 13.2 Å². The van der Waals surface area contributed by atoms with E-state index in [4.69, 9.17) is 16.0 Å². The molecule has 8 heteroatoms. The van der Waals surface area contributed by atoms with Crippen LogP contribution in [0.4, 0.5) is 0 Å². The average molecular weight is 383 g/mol. The number of sulfonamides is 1. The van der Waals surface area contributed by atoms with Crippen LogP contribution in [-0.2, 0) is 21.2 Å². The number of furan rings is 1. The minimum Gasteiger partial charge on any atom is -0.469 e. The fraction of sp³-hybridized carbons (Fsp3) is 0.353. The van der Waals surface area contributed by atoms with Gasteiger partial charge in [0.1, 0.15) is 10.7 Å². The molecule has 0 unspecified atom stereocenters. The second-order valence-electron chi connectivity index (χ2n) is 5.79. The molecule has 0 bridgehead atoms. The fourth-order valence-corrected chi connectivity index (χ4v) is 4.73. The van der Waals surface area contributed by atoms with Crippen molar-refractivity contribution in [2.75, 3.05) is 26.2 Å². The lowest BCUT2D eigenvalue weighted by molar-refractivity contribution is -0.132. The van der Waals surface area contributed by atoms with Crippen LogP contribution in [0.5, 0.6) is 0 Å². The normalized spacial score (nSPS) is 16.1. The smallest absolute Gasteiger partial charge is 0.244 e. The van der Waals surface area contributed by atoms with Crippen molar-refractivity contribution < 1.29 is 17.6 Å². The molecule has 2 aromatic rings. The van der Waals surface area contributed by atoms with Crippen LogP contribution in [0.2, 0.25) is 5.02 Å². The second kappa shape index (κ2) is 7.59. The molecule has 0 aliphatic carbocycles. The summed E-state index contributed by atoms with van der Waals surface area (Å²) in [5.74, 6) is 0.777. The highest BCUT2D eigenvalue weighted by molar-refractivity contribution is 7.89. The van der Waals surface area contributed by atoms with Crippen molar-refractivity contribution in [2.24, 2.45) is 0 Å². The summed E-state index contributed by atoms with van der Waals surface area (Å²) in [7, 11) is -3.64. The lowest BCUT2D eigenvalue weighted by Gasteiger charge is -2.34. The maximum atomic E-state index is 12.7. The van der Waals surface area contributed by atoms with Crippen LogP contribution in [0.3, 0.4) is 0 Å². The van der Waals surface area contributed by atoms with Gasteiger partial charge in [0.25, 0.3) is 0 Å². The first-order valence-electron chi connectivity index (χ1n) is 8.03. The first-order valence-corrected chi connectivity index (χ1v) is 9.85. The largest absolute Gasteiger partial charge is 0.469 e. The minimum absolute atomic E-state index is 0.00573. The van der Waals surface area contributed by atoms with Gasteiger partial charge in [0.05, 0.1) is 11.3 Å². The highest BCUT2D eigenvalue weighted by atomic mass is 35.5. The Kier molecular flexibility index (Phi) is 5.46. The number of aryl methyl sites for hydroxylation is 1. The highest BCUT2D eigenvalue weighted by Gasteiger charge is 2.31. The third-order valence-electron chi connectivity index (χ3n) is 4.21. The van der Waals surface area contributed by atoms with Crippen molar-refractivity contribution in [3.8, 4) is 0 Å². The van der Waals surface area contributed by atoms with Gasteiger partial charge in [-0.25, -0.2) is 8.42 Å². The van der Waals surface area contributed by atoms with E-state index in [1.165, 1.54) is 10.4 Å². The van der Waals surface area contributed by atoms with Crippen LogP contribution in [0.15, 0.2) is 52.0 Å². The van der Waals surface area contributed by atoms with Gasteiger partial charge in [-0.05, 0) is 24.3 Å². The van der Waals surface area contributed by atoms with Crippen LogP contribution in [0.25, 0.3) is 0 Å². The molecule has 0 spiro atoms. The molecule has 0 saturated carbocycles. The van der Waals surface area contributed by atoms with E-state index in [-0.39, 0.29) is 28.9 Å². The molecule has 1 fully saturated rings. The van der Waals surface area contributed by atoms with Crippen molar-refractivity contribution in [3.05, 3.63) is 53.4 Å². The molecule has 2 heterocycles. The van der Waals surface area contributed by atoms with Crippen LogP contribution in [0.1, 0.15) is 12.2 Å². The molecular weight excluding hydrogens is 364 g/mol. The predicted octanol–water partition coefficient (Wildman–Crippen LogP) is 2.40. The van der Waals surface area contributed by atoms with Gasteiger partial charge in [-0.1, -0.05) is 23.7 Å². The van der Waals surface area contributed by atoms with E-state index in [0.717, 1.165) is 5.76 Å². The molecule has 6 nitrogen and oxygen atoms in total. The second-order valence-corrected chi connectivity index (χ2v) is 8.11. The van der Waals surface area contributed by atoms with E-state index in [1.54, 1.807) is 35.4 Å². The van der Waals surface area contributed by atoms with E-state index in [0.29, 0.717) is 25.9 Å². The number of rotatable bonds is 5. The van der Waals surface area contributed by atoms with Gasteiger partial charge in [0.2, 0.25) is 15.9 Å². The molecule has 134 valence electrons. The van der Waals surface area contributed by atoms with Crippen molar-refractivity contribution in [1.82, 2.24) is 9.21 Å². The topological polar surface area (TPSA) is 70.8 Å². The third kappa shape index (κ3) is 4.05. The van der Waals surface area contributed by atoms with Crippen molar-refractivity contribution >= 4 is 27.5 Å². The summed E-state index contributed by atoms with van der Waals surface area (Å²) < 4.78 is 32.0. The van der Waals surface area contributed by atoms with Crippen molar-refractivity contribution in [1.29, 1.82) is 0 Å². The predicted molar refractivity (Wildman–Crippen MR) is 93.8 cm³/mol. The summed E-state index contributed by atoms with van der Waals surface area (Å²) in [6.07, 6.45) is 2.48. The number of piperazine rings is 1. The Balaban J connectivity index is 1.58. The molecule has 1 aliphatic heterocycles. The van der Waals surface area contributed by atoms with E-state index in [2.05, 4.69) is 0 Å². The zero-order chi connectivity index (χ0) is 17.9. The Morgan fingerprint density at radius 1 is 1.08 bits per heavy atom. The molecule has 1 saturated heterocycles. The number of benzene rings is 1. The van der Waals surface area contributed by atoms with Crippen LogP contribution >= 0.6 is 11.6 Å². The Labute approximate surface area is 152 Å².